The van der Waals surface area contributed by atoms with Crippen molar-refractivity contribution in [3.63, 3.8) is 0 Å². The fourth-order valence-electron chi connectivity index (χ4n) is 1.41. The molecule has 0 unspecified atom stereocenters. The summed E-state index contributed by atoms with van der Waals surface area (Å²) in [5, 5.41) is 10.5. The number of halogens is 2. The molecule has 5 heteroatoms. The standard InChI is InChI=1S/C9H7.C5H5.C3H7O.CH3.2ClH.Si.Zr/c1-2-5-9-7-3-6-8(9)4-1;1-2-4-5-3-1;1-2-3-4;;;;;/h1-7H;1-3H,4H2;4H,1-3H2;1H3;2*1H;;/q4*-1;;;;. The maximum Gasteiger partial charge on any atom is -0.0809 e. The quantitative estimate of drug-likeness (QED) is 0.484. The normalized spacial score (nSPS) is 9.26. The fourth-order valence-corrected chi connectivity index (χ4v) is 1.41. The molecule has 1 nitrogen and oxygen atoms in total. The molecule has 1 aliphatic rings. The Labute approximate surface area is 170 Å². The molecule has 0 fully saturated rings. The molecule has 0 aliphatic heterocycles. The Morgan fingerprint density at radius 1 is 1.22 bits per heavy atom. The van der Waals surface area contributed by atoms with Crippen LogP contribution < -0.4 is 0 Å². The van der Waals surface area contributed by atoms with E-state index in [-0.39, 0.29) is 38.8 Å². The van der Waals surface area contributed by atoms with E-state index in [1.54, 1.807) is 0 Å². The van der Waals surface area contributed by atoms with E-state index in [1.807, 2.05) is 12.2 Å². The summed E-state index contributed by atoms with van der Waals surface area (Å²) in [6, 6.07) is 14.7. The summed E-state index contributed by atoms with van der Waals surface area (Å²) in [5.41, 5.74) is 0. The first-order chi connectivity index (χ1) is 9.88. The van der Waals surface area contributed by atoms with Gasteiger partial charge in [-0.1, -0.05) is 6.07 Å². The van der Waals surface area contributed by atoms with E-state index in [1.165, 1.54) is 34.1 Å². The van der Waals surface area contributed by atoms with Gasteiger partial charge in [-0.15, -0.1) is 60.9 Å². The van der Waals surface area contributed by atoms with Crippen molar-refractivity contribution in [2.24, 2.45) is 0 Å². The summed E-state index contributed by atoms with van der Waals surface area (Å²) in [6.07, 6.45) is 10.6. The van der Waals surface area contributed by atoms with Crippen molar-refractivity contribution >= 4 is 42.5 Å². The Bertz CT molecular complexity index is 470. The van der Waals surface area contributed by atoms with Crippen LogP contribution in [0.25, 0.3) is 10.8 Å². The van der Waals surface area contributed by atoms with Gasteiger partial charge in [-0.05, 0) is 0 Å². The summed E-state index contributed by atoms with van der Waals surface area (Å²) in [7, 11) is 0. The van der Waals surface area contributed by atoms with Gasteiger partial charge in [0.25, 0.3) is 0 Å². The number of benzene rings is 1. The van der Waals surface area contributed by atoms with Crippen molar-refractivity contribution in [2.75, 3.05) is 6.61 Å². The zero-order valence-corrected chi connectivity index (χ0v) is 18.5. The number of allylic oxidation sites excluding steroid dienone is 4. The van der Waals surface area contributed by atoms with Crippen LogP contribution in [0.5, 0.6) is 0 Å². The second kappa shape index (κ2) is 24.2. The van der Waals surface area contributed by atoms with Crippen molar-refractivity contribution in [3.05, 3.63) is 81.1 Å². The minimum atomic E-state index is 0. The first-order valence-corrected chi connectivity index (χ1v) is 10.5. The van der Waals surface area contributed by atoms with Crippen LogP contribution in [-0.4, -0.2) is 18.6 Å². The Morgan fingerprint density at radius 3 is 2.22 bits per heavy atom. The Kier molecular flexibility index (Phi) is 32.4. The van der Waals surface area contributed by atoms with Gasteiger partial charge in [0, 0.05) is 6.61 Å². The number of aliphatic hydroxyl groups excluding tert-OH is 1. The molecule has 0 atom stereocenters. The predicted molar refractivity (Wildman–Crippen MR) is 105 cm³/mol. The summed E-state index contributed by atoms with van der Waals surface area (Å²) in [6.45, 7) is 6.62. The van der Waals surface area contributed by atoms with Crippen molar-refractivity contribution in [2.45, 2.75) is 12.8 Å². The van der Waals surface area contributed by atoms with Crippen LogP contribution in [-0.2, 0) is 23.3 Å². The molecule has 3 rings (SSSR count). The summed E-state index contributed by atoms with van der Waals surface area (Å²) < 4.78 is 0. The van der Waals surface area contributed by atoms with Gasteiger partial charge in [0.05, 0.1) is 0 Å². The molecule has 0 aromatic heterocycles. The van der Waals surface area contributed by atoms with Crippen molar-refractivity contribution in [1.29, 1.82) is 0 Å². The topological polar surface area (TPSA) is 20.2 Å². The number of fused-ring (bicyclic) bond motifs is 1. The molecule has 0 amide bonds. The van der Waals surface area contributed by atoms with Crippen molar-refractivity contribution < 1.29 is 28.4 Å². The fraction of sp³-hybridized carbons (Fsp3) is 0.167. The molecule has 128 valence electrons. The molecule has 2 aromatic rings. The van der Waals surface area contributed by atoms with Gasteiger partial charge in [0.1, 0.15) is 0 Å². The van der Waals surface area contributed by atoms with Crippen LogP contribution in [0, 0.1) is 20.4 Å². The average molecular weight is 447 g/mol. The Hall–Kier alpha value is -0.0500. The predicted octanol–water partition coefficient (Wildman–Crippen LogP) is 4.98. The van der Waals surface area contributed by atoms with Crippen LogP contribution in [0.2, 0.25) is 0 Å². The number of aliphatic hydroxyl groups is 1. The molecule has 0 bridgehead atoms. The van der Waals surface area contributed by atoms with Crippen molar-refractivity contribution in [3.8, 4) is 0 Å². The van der Waals surface area contributed by atoms with E-state index in [9.17, 15) is 0 Å². The molecule has 1 N–H and O–H groups in total. The second-order valence-corrected chi connectivity index (χ2v) is 3.73. The van der Waals surface area contributed by atoms with Crippen LogP contribution in [0.4, 0.5) is 0 Å². The SMILES string of the molecule is Cl.Cl.[C-]1=CC=CC1.[CH2-]CCO.[CH3-].[Si]=[Zr].c1ccc2[cH-]ccc2c1. The van der Waals surface area contributed by atoms with Gasteiger partial charge in [-0.3, -0.25) is 6.08 Å². The zero-order chi connectivity index (χ0) is 15.1. The van der Waals surface area contributed by atoms with Crippen LogP contribution >= 0.6 is 24.8 Å². The summed E-state index contributed by atoms with van der Waals surface area (Å²) in [4.78, 5) is 0. The van der Waals surface area contributed by atoms with E-state index in [2.05, 4.69) is 68.4 Å². The van der Waals surface area contributed by atoms with E-state index in [0.29, 0.717) is 6.42 Å². The number of hydrogen-bond donors (Lipinski definition) is 1. The van der Waals surface area contributed by atoms with Gasteiger partial charge in [-0.25, -0.2) is 12.2 Å². The van der Waals surface area contributed by atoms with Crippen molar-refractivity contribution in [1.82, 2.24) is 0 Å². The first kappa shape index (κ1) is 30.8. The average Bonchev–Trinajstić information content (AvgIpc) is 3.23. The molecule has 2 aromatic carbocycles. The van der Waals surface area contributed by atoms with Crippen LogP contribution in [0.1, 0.15) is 12.8 Å². The molecule has 23 heavy (non-hydrogen) atoms. The smallest absolute Gasteiger partial charge is 0.0809 e. The van der Waals surface area contributed by atoms with E-state index in [4.69, 9.17) is 5.11 Å². The molecule has 0 saturated carbocycles. The molecular weight excluding hydrogens is 422 g/mol. The minimum Gasteiger partial charge on any atom is -0.168 e. The third-order valence-electron chi connectivity index (χ3n) is 2.29. The maximum absolute atomic E-state index is 7.81. The third kappa shape index (κ3) is 16.6. The molecular formula is C18H24Cl2OSiZr-4. The van der Waals surface area contributed by atoms with E-state index >= 15 is 0 Å². The molecule has 2 radical (unpaired) electrons. The molecule has 0 spiro atoms. The van der Waals surface area contributed by atoms with Gasteiger partial charge < -0.3 is 19.5 Å². The molecule has 0 heterocycles. The maximum atomic E-state index is 7.81. The largest absolute Gasteiger partial charge is 0.168 e. The zero-order valence-electron chi connectivity index (χ0n) is 13.4. The van der Waals surface area contributed by atoms with E-state index in [0.717, 1.165) is 6.42 Å². The van der Waals surface area contributed by atoms with Crippen LogP contribution in [0.15, 0.2) is 60.7 Å². The van der Waals surface area contributed by atoms with E-state index < -0.39 is 0 Å². The van der Waals surface area contributed by atoms with Gasteiger partial charge in [-0.2, -0.15) is 30.0 Å². The monoisotopic (exact) mass is 444 g/mol. The Morgan fingerprint density at radius 2 is 1.83 bits per heavy atom. The number of rotatable bonds is 1. The first-order valence-electron chi connectivity index (χ1n) is 6.35. The Balaban J connectivity index is -0.000000114. The third-order valence-corrected chi connectivity index (χ3v) is 2.29. The minimum absolute atomic E-state index is 0. The second-order valence-electron chi connectivity index (χ2n) is 3.73. The van der Waals surface area contributed by atoms with Gasteiger partial charge >= 0.3 is 30.2 Å². The van der Waals surface area contributed by atoms with Gasteiger partial charge in [0.2, 0.25) is 0 Å². The summed E-state index contributed by atoms with van der Waals surface area (Å²) >= 11 is 1.36. The summed E-state index contributed by atoms with van der Waals surface area (Å²) in [5.74, 6) is 0. The van der Waals surface area contributed by atoms with Crippen LogP contribution in [0.3, 0.4) is 0 Å². The number of hydrogen-bond acceptors (Lipinski definition) is 1. The van der Waals surface area contributed by atoms with Gasteiger partial charge in [0.15, 0.2) is 0 Å². The molecule has 0 saturated heterocycles. The molecule has 1 aliphatic carbocycles.